The van der Waals surface area contributed by atoms with Crippen molar-refractivity contribution in [3.05, 3.63) is 41.5 Å². The molecule has 0 amide bonds. The zero-order valence-corrected chi connectivity index (χ0v) is 11.6. The summed E-state index contributed by atoms with van der Waals surface area (Å²) in [6, 6.07) is 10.4. The summed E-state index contributed by atoms with van der Waals surface area (Å²) in [7, 11) is 0. The molecule has 2 heterocycles. The summed E-state index contributed by atoms with van der Waals surface area (Å²) in [6.45, 7) is 2.04. The van der Waals surface area contributed by atoms with Crippen molar-refractivity contribution in [2.75, 3.05) is 0 Å². The van der Waals surface area contributed by atoms with Gasteiger partial charge in [-0.05, 0) is 30.2 Å². The Labute approximate surface area is 119 Å². The highest BCUT2D eigenvalue weighted by Gasteiger charge is 2.23. The van der Waals surface area contributed by atoms with Crippen LogP contribution in [0.15, 0.2) is 35.3 Å². The number of nitrogens with zero attached hydrogens (tertiary/aromatic N) is 1. The van der Waals surface area contributed by atoms with E-state index in [0.29, 0.717) is 6.42 Å². The fraction of sp³-hybridized carbons (Fsp3) is 0.125. The molecule has 3 nitrogen and oxygen atoms in total. The highest BCUT2D eigenvalue weighted by molar-refractivity contribution is 7.25. The molecule has 0 unspecified atom stereocenters. The van der Waals surface area contributed by atoms with Crippen LogP contribution >= 0.6 is 11.3 Å². The third-order valence-electron chi connectivity index (χ3n) is 3.81. The van der Waals surface area contributed by atoms with Crippen LogP contribution in [-0.4, -0.2) is 16.8 Å². The molecule has 0 aliphatic carbocycles. The lowest BCUT2D eigenvalue weighted by Crippen LogP contribution is -2.11. The van der Waals surface area contributed by atoms with Gasteiger partial charge in [0.2, 0.25) is 0 Å². The van der Waals surface area contributed by atoms with E-state index in [1.165, 1.54) is 20.2 Å². The average Bonchev–Trinajstić information content (AvgIpc) is 2.99. The van der Waals surface area contributed by atoms with Crippen molar-refractivity contribution in [2.24, 2.45) is 4.99 Å². The van der Waals surface area contributed by atoms with E-state index in [-0.39, 0.29) is 5.71 Å². The van der Waals surface area contributed by atoms with Gasteiger partial charge in [-0.25, -0.2) is 9.79 Å². The Morgan fingerprint density at radius 3 is 2.90 bits per heavy atom. The molecule has 0 saturated heterocycles. The number of carboxylic acids is 1. The van der Waals surface area contributed by atoms with Crippen molar-refractivity contribution in [1.29, 1.82) is 0 Å². The number of aryl methyl sites for hydroxylation is 1. The van der Waals surface area contributed by atoms with E-state index in [4.69, 9.17) is 5.11 Å². The zero-order valence-electron chi connectivity index (χ0n) is 10.8. The maximum Gasteiger partial charge on any atom is 0.350 e. The molecule has 4 rings (SSSR count). The first-order valence-corrected chi connectivity index (χ1v) is 7.21. The first-order chi connectivity index (χ1) is 9.65. The Morgan fingerprint density at radius 2 is 2.10 bits per heavy atom. The minimum atomic E-state index is -0.922. The third kappa shape index (κ3) is 1.45. The van der Waals surface area contributed by atoms with Crippen LogP contribution < -0.4 is 0 Å². The number of carbonyl (C=O) groups is 1. The molecule has 1 N–H and O–H groups in total. The predicted octanol–water partition coefficient (Wildman–Crippen LogP) is 4.08. The maximum absolute atomic E-state index is 11.1. The molecule has 1 aliphatic rings. The molecule has 1 aliphatic heterocycles. The number of aliphatic carboxylic acids is 1. The van der Waals surface area contributed by atoms with Gasteiger partial charge in [-0.1, -0.05) is 18.2 Å². The van der Waals surface area contributed by atoms with Gasteiger partial charge in [-0.3, -0.25) is 0 Å². The van der Waals surface area contributed by atoms with Gasteiger partial charge < -0.3 is 5.11 Å². The van der Waals surface area contributed by atoms with Crippen molar-refractivity contribution in [1.82, 2.24) is 0 Å². The second kappa shape index (κ2) is 3.90. The van der Waals surface area contributed by atoms with Crippen molar-refractivity contribution in [2.45, 2.75) is 13.3 Å². The molecule has 3 aromatic rings. The Balaban J connectivity index is 2.10. The van der Waals surface area contributed by atoms with E-state index >= 15 is 0 Å². The fourth-order valence-corrected chi connectivity index (χ4v) is 4.14. The topological polar surface area (TPSA) is 49.7 Å². The molecule has 0 bridgehead atoms. The van der Waals surface area contributed by atoms with Crippen LogP contribution in [0.4, 0.5) is 5.69 Å². The number of rotatable bonds is 1. The standard InChI is InChI=1S/C16H11NO2S/c1-8-14-10-4-2-3-5-12(10)20-13(14)7-9-6-11(16(18)19)17-15(8)9/h2-5,7H,6H2,1H3,(H,18,19). The zero-order chi connectivity index (χ0) is 13.9. The maximum atomic E-state index is 11.1. The monoisotopic (exact) mass is 281 g/mol. The number of benzene rings is 2. The quantitative estimate of drug-likeness (QED) is 0.730. The van der Waals surface area contributed by atoms with E-state index in [0.717, 1.165) is 16.8 Å². The minimum absolute atomic E-state index is 0.241. The van der Waals surface area contributed by atoms with Crippen molar-refractivity contribution in [3.8, 4) is 0 Å². The van der Waals surface area contributed by atoms with Crippen molar-refractivity contribution in [3.63, 3.8) is 0 Å². The Morgan fingerprint density at radius 1 is 1.30 bits per heavy atom. The smallest absolute Gasteiger partial charge is 0.350 e. The Hall–Kier alpha value is -2.20. The molecule has 4 heteroatoms. The fourth-order valence-electron chi connectivity index (χ4n) is 2.91. The lowest BCUT2D eigenvalue weighted by atomic mass is 10.0. The first kappa shape index (κ1) is 11.6. The van der Waals surface area contributed by atoms with Gasteiger partial charge in [0.05, 0.1) is 5.69 Å². The van der Waals surface area contributed by atoms with Crippen LogP contribution in [0.1, 0.15) is 11.1 Å². The highest BCUT2D eigenvalue weighted by Crippen LogP contribution is 2.43. The largest absolute Gasteiger partial charge is 0.477 e. The van der Waals surface area contributed by atoms with Gasteiger partial charge in [0.25, 0.3) is 0 Å². The average molecular weight is 281 g/mol. The minimum Gasteiger partial charge on any atom is -0.477 e. The molecular weight excluding hydrogens is 270 g/mol. The molecular formula is C16H11NO2S. The molecule has 0 radical (unpaired) electrons. The normalized spacial score (nSPS) is 13.8. The molecule has 20 heavy (non-hydrogen) atoms. The third-order valence-corrected chi connectivity index (χ3v) is 4.93. The molecule has 1 aromatic heterocycles. The van der Waals surface area contributed by atoms with Crippen LogP contribution in [0.5, 0.6) is 0 Å². The molecule has 0 fully saturated rings. The highest BCUT2D eigenvalue weighted by atomic mass is 32.1. The SMILES string of the molecule is Cc1c2c(cc3sc4ccccc4c13)CC(C(=O)O)=N2. The molecule has 98 valence electrons. The van der Waals surface area contributed by atoms with Gasteiger partial charge in [-0.15, -0.1) is 11.3 Å². The van der Waals surface area contributed by atoms with Crippen LogP contribution in [0, 0.1) is 6.92 Å². The van der Waals surface area contributed by atoms with E-state index in [9.17, 15) is 4.79 Å². The lowest BCUT2D eigenvalue weighted by Gasteiger charge is -2.04. The van der Waals surface area contributed by atoms with Gasteiger partial charge in [-0.2, -0.15) is 0 Å². The van der Waals surface area contributed by atoms with Crippen LogP contribution in [0.2, 0.25) is 0 Å². The van der Waals surface area contributed by atoms with Crippen LogP contribution in [-0.2, 0) is 11.2 Å². The number of carboxylic acid groups (broad SMARTS) is 1. The van der Waals surface area contributed by atoms with E-state index in [1.807, 2.05) is 19.1 Å². The van der Waals surface area contributed by atoms with Crippen LogP contribution in [0.3, 0.4) is 0 Å². The number of hydrogen-bond donors (Lipinski definition) is 1. The molecule has 0 atom stereocenters. The molecule has 0 spiro atoms. The summed E-state index contributed by atoms with van der Waals surface area (Å²) in [4.78, 5) is 15.4. The Kier molecular flexibility index (Phi) is 2.26. The number of fused-ring (bicyclic) bond motifs is 4. The second-order valence-corrected chi connectivity index (χ2v) is 6.10. The van der Waals surface area contributed by atoms with E-state index in [1.54, 1.807) is 11.3 Å². The summed E-state index contributed by atoms with van der Waals surface area (Å²) in [5.41, 5.74) is 3.20. The molecule has 2 aromatic carbocycles. The van der Waals surface area contributed by atoms with Gasteiger partial charge in [0.15, 0.2) is 0 Å². The van der Waals surface area contributed by atoms with Crippen molar-refractivity contribution >= 4 is 48.9 Å². The van der Waals surface area contributed by atoms with Gasteiger partial charge >= 0.3 is 5.97 Å². The summed E-state index contributed by atoms with van der Waals surface area (Å²) in [5.74, 6) is -0.922. The second-order valence-electron chi connectivity index (χ2n) is 5.02. The summed E-state index contributed by atoms with van der Waals surface area (Å²) < 4.78 is 2.47. The van der Waals surface area contributed by atoms with Gasteiger partial charge in [0.1, 0.15) is 5.71 Å². The number of aliphatic imine (C=N–C) groups is 1. The number of hydrogen-bond acceptors (Lipinski definition) is 3. The van der Waals surface area contributed by atoms with Crippen molar-refractivity contribution < 1.29 is 9.90 Å². The molecule has 0 saturated carbocycles. The summed E-state index contributed by atoms with van der Waals surface area (Å²) in [6.07, 6.45) is 0.426. The number of thiophene rings is 1. The lowest BCUT2D eigenvalue weighted by molar-refractivity contribution is -0.129. The Bertz CT molecular complexity index is 921. The van der Waals surface area contributed by atoms with E-state index < -0.39 is 5.97 Å². The van der Waals surface area contributed by atoms with Gasteiger partial charge in [0, 0.05) is 26.6 Å². The van der Waals surface area contributed by atoms with E-state index in [2.05, 4.69) is 23.2 Å². The summed E-state index contributed by atoms with van der Waals surface area (Å²) >= 11 is 1.75. The first-order valence-electron chi connectivity index (χ1n) is 6.40. The predicted molar refractivity (Wildman–Crippen MR) is 82.5 cm³/mol. The summed E-state index contributed by atoms with van der Waals surface area (Å²) in [5, 5.41) is 11.5. The van der Waals surface area contributed by atoms with Crippen LogP contribution in [0.25, 0.3) is 20.2 Å².